The van der Waals surface area contributed by atoms with Crippen molar-refractivity contribution in [2.24, 2.45) is 34.5 Å². The quantitative estimate of drug-likeness (QED) is 0.221. The van der Waals surface area contributed by atoms with Gasteiger partial charge < -0.3 is 24.4 Å². The zero-order valence-corrected chi connectivity index (χ0v) is 28.4. The molecule has 0 amide bonds. The van der Waals surface area contributed by atoms with Crippen molar-refractivity contribution in [3.05, 3.63) is 59.7 Å². The second-order valence-electron chi connectivity index (χ2n) is 13.3. The van der Waals surface area contributed by atoms with Gasteiger partial charge in [0, 0.05) is 42.4 Å². The van der Waals surface area contributed by atoms with E-state index < -0.39 is 40.9 Å². The van der Waals surface area contributed by atoms with Crippen LogP contribution in [0.5, 0.6) is 0 Å². The average molecular weight is 641 g/mol. The van der Waals surface area contributed by atoms with Crippen molar-refractivity contribution in [3.63, 3.8) is 0 Å². The predicted molar refractivity (Wildman–Crippen MR) is 174 cm³/mol. The zero-order valence-electron chi connectivity index (χ0n) is 28.4. The topological polar surface area (TPSA) is 136 Å². The van der Waals surface area contributed by atoms with E-state index >= 15 is 0 Å². The van der Waals surface area contributed by atoms with E-state index in [2.05, 4.69) is 13.8 Å². The number of fused-ring (bicyclic) bond motifs is 5. The van der Waals surface area contributed by atoms with Gasteiger partial charge >= 0.3 is 5.97 Å². The minimum atomic E-state index is -1.61. The van der Waals surface area contributed by atoms with Crippen LogP contribution in [0.4, 0.5) is 0 Å². The van der Waals surface area contributed by atoms with E-state index in [0.29, 0.717) is 19.3 Å². The summed E-state index contributed by atoms with van der Waals surface area (Å²) in [4.78, 5) is 46.1. The highest BCUT2D eigenvalue weighted by molar-refractivity contribution is 6.01. The molecule has 1 aromatic rings. The lowest BCUT2D eigenvalue weighted by atomic mass is 9.45. The van der Waals surface area contributed by atoms with Crippen LogP contribution in [-0.2, 0) is 28.6 Å². The first-order valence-corrected chi connectivity index (χ1v) is 16.4. The van der Waals surface area contributed by atoms with Crippen LogP contribution in [-0.4, -0.2) is 71.9 Å². The molecular formula is C37H52O9. The van der Waals surface area contributed by atoms with Gasteiger partial charge in [-0.2, -0.15) is 0 Å². The number of aliphatic hydroxyl groups is 2. The number of allylic oxidation sites excluding steroid dienone is 4. The number of aliphatic hydroxyl groups excluding tert-OH is 1. The van der Waals surface area contributed by atoms with E-state index in [0.717, 1.165) is 37.1 Å². The summed E-state index contributed by atoms with van der Waals surface area (Å²) >= 11 is 0. The van der Waals surface area contributed by atoms with Gasteiger partial charge in [-0.1, -0.05) is 62.8 Å². The summed E-state index contributed by atoms with van der Waals surface area (Å²) < 4.78 is 15.0. The van der Waals surface area contributed by atoms with Gasteiger partial charge in [-0.15, -0.1) is 0 Å². The van der Waals surface area contributed by atoms with Crippen LogP contribution in [0.2, 0.25) is 0 Å². The van der Waals surface area contributed by atoms with Crippen molar-refractivity contribution in [3.8, 4) is 0 Å². The maximum atomic E-state index is 12.9. The van der Waals surface area contributed by atoms with Gasteiger partial charge in [-0.3, -0.25) is 19.2 Å². The van der Waals surface area contributed by atoms with Gasteiger partial charge in [-0.05, 0) is 76.4 Å². The van der Waals surface area contributed by atoms with E-state index in [9.17, 15) is 29.4 Å². The number of ketones is 2. The Labute approximate surface area is 273 Å². The summed E-state index contributed by atoms with van der Waals surface area (Å²) in [5.74, 6) is -0.712. The molecule has 3 saturated carbocycles. The Hall–Kier alpha value is -2.98. The van der Waals surface area contributed by atoms with E-state index in [1.165, 1.54) is 6.92 Å². The molecule has 5 rings (SSSR count). The predicted octanol–water partition coefficient (Wildman–Crippen LogP) is 5.28. The zero-order chi connectivity index (χ0) is 34.3. The van der Waals surface area contributed by atoms with Crippen LogP contribution >= 0.6 is 0 Å². The van der Waals surface area contributed by atoms with Crippen molar-refractivity contribution in [1.29, 1.82) is 0 Å². The number of esters is 1. The fourth-order valence-electron chi connectivity index (χ4n) is 8.55. The lowest BCUT2D eigenvalue weighted by Gasteiger charge is -2.60. The Kier molecular flexibility index (Phi) is 12.8. The maximum Gasteiger partial charge on any atom is 0.303 e. The molecule has 1 aromatic carbocycles. The molecule has 2 N–H and O–H groups in total. The molecule has 4 aliphatic carbocycles. The molecule has 0 heterocycles. The van der Waals surface area contributed by atoms with E-state index in [1.807, 2.05) is 52.0 Å². The monoisotopic (exact) mass is 640 g/mol. The van der Waals surface area contributed by atoms with Gasteiger partial charge in [0.1, 0.15) is 11.9 Å². The van der Waals surface area contributed by atoms with Crippen molar-refractivity contribution < 1.29 is 43.6 Å². The summed E-state index contributed by atoms with van der Waals surface area (Å²) in [5.41, 5.74) is -0.987. The molecule has 254 valence electrons. The molecular weight excluding hydrogens is 588 g/mol. The van der Waals surface area contributed by atoms with Crippen molar-refractivity contribution in [1.82, 2.24) is 0 Å². The lowest BCUT2D eigenvalue weighted by Crippen LogP contribution is -2.62. The first kappa shape index (κ1) is 37.5. The number of benzene rings is 1. The molecule has 0 radical (unpaired) electrons. The molecule has 0 aromatic heterocycles. The third kappa shape index (κ3) is 7.76. The lowest BCUT2D eigenvalue weighted by molar-refractivity contribution is -0.182. The molecule has 0 spiro atoms. The number of ether oxygens (including phenoxy) is 3. The van der Waals surface area contributed by atoms with Crippen LogP contribution in [0, 0.1) is 34.5 Å². The summed E-state index contributed by atoms with van der Waals surface area (Å²) in [7, 11) is 0. The molecule has 4 aliphatic rings. The smallest absolute Gasteiger partial charge is 0.303 e. The highest BCUT2D eigenvalue weighted by Crippen LogP contribution is 2.67. The van der Waals surface area contributed by atoms with E-state index in [4.69, 9.17) is 14.2 Å². The fraction of sp³-hybridized carbons (Fsp3) is 0.622. The Morgan fingerprint density at radius 2 is 1.74 bits per heavy atom. The first-order valence-electron chi connectivity index (χ1n) is 16.4. The van der Waals surface area contributed by atoms with Gasteiger partial charge in [0.25, 0.3) is 0 Å². The van der Waals surface area contributed by atoms with Crippen molar-refractivity contribution in [2.45, 2.75) is 92.1 Å². The molecule has 0 aliphatic heterocycles. The van der Waals surface area contributed by atoms with Crippen LogP contribution in [0.3, 0.4) is 0 Å². The number of aldehydes is 1. The number of hydrogen-bond donors (Lipinski definition) is 2. The number of carbonyl (C=O) groups excluding carboxylic acids is 4. The Bertz CT molecular complexity index is 1280. The second kappa shape index (κ2) is 15.7. The molecule has 0 unspecified atom stereocenters. The number of rotatable bonds is 8. The third-order valence-electron chi connectivity index (χ3n) is 10.6. The minimum Gasteiger partial charge on any atom is -0.458 e. The van der Waals surface area contributed by atoms with Crippen LogP contribution in [0.25, 0.3) is 0 Å². The molecule has 9 heteroatoms. The van der Waals surface area contributed by atoms with Gasteiger partial charge in [0.2, 0.25) is 5.78 Å². The SMILES string of the molecule is CC(=O)OCC(=O)[C@@]1(O)CC[C@H]2[C@@H]3C[C@H](C)C4=CC(=O)C=C[C@]4(C)[C@H]3[C@@H](O)C[C@@]21C.CCOC(C)OCC.O=Cc1ccccc1. The number of hydrogen-bond acceptors (Lipinski definition) is 9. The molecule has 3 fully saturated rings. The Balaban J connectivity index is 0.000000295. The molecule has 0 bridgehead atoms. The first-order chi connectivity index (χ1) is 21.7. The molecule has 9 nitrogen and oxygen atoms in total. The Morgan fingerprint density at radius 1 is 1.11 bits per heavy atom. The molecule has 46 heavy (non-hydrogen) atoms. The van der Waals surface area contributed by atoms with Gasteiger partial charge in [-0.25, -0.2) is 0 Å². The largest absolute Gasteiger partial charge is 0.458 e. The normalized spacial score (nSPS) is 34.0. The van der Waals surface area contributed by atoms with Crippen molar-refractivity contribution >= 4 is 23.8 Å². The fourth-order valence-corrected chi connectivity index (χ4v) is 8.55. The summed E-state index contributed by atoms with van der Waals surface area (Å²) in [5, 5.41) is 22.9. The molecule has 8 atom stereocenters. The van der Waals surface area contributed by atoms with Gasteiger partial charge in [0.15, 0.2) is 18.7 Å². The van der Waals surface area contributed by atoms with E-state index in [1.54, 1.807) is 24.3 Å². The summed E-state index contributed by atoms with van der Waals surface area (Å²) in [6.45, 7) is 14.2. The van der Waals surface area contributed by atoms with Crippen LogP contribution < -0.4 is 0 Å². The van der Waals surface area contributed by atoms with Gasteiger partial charge in [0.05, 0.1) is 6.10 Å². The minimum absolute atomic E-state index is 0.00535. The Morgan fingerprint density at radius 3 is 2.28 bits per heavy atom. The number of Topliss-reactive ketones (excluding diaryl/α,β-unsaturated/α-hetero) is 1. The second-order valence-corrected chi connectivity index (χ2v) is 13.3. The maximum absolute atomic E-state index is 12.9. The average Bonchev–Trinajstić information content (AvgIpc) is 3.28. The third-order valence-corrected chi connectivity index (χ3v) is 10.6. The van der Waals surface area contributed by atoms with Crippen molar-refractivity contribution in [2.75, 3.05) is 19.8 Å². The highest BCUT2D eigenvalue weighted by atomic mass is 16.7. The highest BCUT2D eigenvalue weighted by Gasteiger charge is 2.68. The van der Waals surface area contributed by atoms with Crippen LogP contribution in [0.15, 0.2) is 54.1 Å². The van der Waals surface area contributed by atoms with E-state index in [-0.39, 0.29) is 35.7 Å². The summed E-state index contributed by atoms with van der Waals surface area (Å²) in [6.07, 6.45) is 7.51. The molecule has 0 saturated heterocycles. The standard InChI is InChI=1S/C24H32O6.C7H6O.C6H14O2/c1-13-9-16-17-6-8-24(29,20(28)12-30-14(2)25)23(17,4)11-19(27)21(16)22(3)7-5-15(26)10-18(13)22;8-6-7-4-2-1-3-5-7;1-4-7-6(3)8-5-2/h5,7,10,13,16-17,19,21,27,29H,6,8-9,11-12H2,1-4H3;1-6H;6H,4-5H2,1-3H3/t13-,16-,17-,19-,21+,22-,23-,24-;;/m0../s1. The van der Waals surface area contributed by atoms with Crippen LogP contribution in [0.1, 0.15) is 84.5 Å². The summed E-state index contributed by atoms with van der Waals surface area (Å²) in [6, 6.07) is 9.10. The number of carbonyl (C=O) groups is 4.